The van der Waals surface area contributed by atoms with Gasteiger partial charge in [-0.1, -0.05) is 164 Å². The molecule has 0 fully saturated rings. The summed E-state index contributed by atoms with van der Waals surface area (Å²) in [6.45, 7) is 0. The van der Waals surface area contributed by atoms with Crippen LogP contribution in [0.4, 0.5) is 17.1 Å². The third kappa shape index (κ3) is 5.75. The molecule has 1 unspecified atom stereocenters. The Labute approximate surface area is 321 Å². The highest BCUT2D eigenvalue weighted by atomic mass is 32.3. The zero-order valence-electron chi connectivity index (χ0n) is 31.0. The molecule has 1 aliphatic carbocycles. The summed E-state index contributed by atoms with van der Waals surface area (Å²) in [5.74, 6) is 0. The van der Waals surface area contributed by atoms with Crippen LogP contribution >= 0.6 is 10.0 Å². The molecule has 1 atom stereocenters. The van der Waals surface area contributed by atoms with E-state index < -0.39 is 15.4 Å². The predicted molar refractivity (Wildman–Crippen MR) is 233 cm³/mol. The minimum atomic E-state index is -0.876. The average Bonchev–Trinajstić information content (AvgIpc) is 3.54. The molecule has 0 spiro atoms. The van der Waals surface area contributed by atoms with Crippen LogP contribution in [0.25, 0.3) is 33.4 Å². The van der Waals surface area contributed by atoms with E-state index in [2.05, 4.69) is 230 Å². The number of hydrogen-bond donors (Lipinski definition) is 0. The van der Waals surface area contributed by atoms with E-state index in [0.717, 1.165) is 17.1 Å². The number of nitrogens with zero attached hydrogens (tertiary/aromatic N) is 1. The second-order valence-electron chi connectivity index (χ2n) is 14.9. The predicted octanol–water partition coefficient (Wildman–Crippen LogP) is 13.9. The van der Waals surface area contributed by atoms with E-state index in [-0.39, 0.29) is 0 Å². The summed E-state index contributed by atoms with van der Waals surface area (Å²) in [5.41, 5.74) is 15.4. The highest BCUT2D eigenvalue weighted by Gasteiger charge is 2.47. The normalized spacial score (nSPS) is 14.9. The Kier molecular flexibility index (Phi) is 8.57. The van der Waals surface area contributed by atoms with Crippen LogP contribution in [0.5, 0.6) is 0 Å². The number of hydrogen-bond acceptors (Lipinski definition) is 1. The molecule has 1 aliphatic rings. The topological polar surface area (TPSA) is 3.24 Å². The molecule has 54 heavy (non-hydrogen) atoms. The summed E-state index contributed by atoms with van der Waals surface area (Å²) in [6.07, 6.45) is 7.11. The van der Waals surface area contributed by atoms with Crippen LogP contribution in [0.1, 0.15) is 22.3 Å². The van der Waals surface area contributed by atoms with Crippen molar-refractivity contribution >= 4 is 27.1 Å². The smallest absolute Gasteiger partial charge is 0.0714 e. The highest BCUT2D eigenvalue weighted by Crippen LogP contribution is 2.60. The van der Waals surface area contributed by atoms with Gasteiger partial charge in [-0.15, -0.1) is 0 Å². The Morgan fingerprint density at radius 2 is 0.815 bits per heavy atom. The fraction of sp³-hybridized carbons (Fsp3) is 0.0769. The molecule has 9 rings (SSSR count). The van der Waals surface area contributed by atoms with E-state index in [1.807, 2.05) is 0 Å². The van der Waals surface area contributed by atoms with Crippen molar-refractivity contribution in [3.63, 3.8) is 0 Å². The summed E-state index contributed by atoms with van der Waals surface area (Å²) in [5, 5.41) is 0. The van der Waals surface area contributed by atoms with Crippen molar-refractivity contribution in [3.05, 3.63) is 229 Å². The molecule has 0 radical (unpaired) electrons. The SMILES string of the molecule is CS(C)(C)c1ccc(C2(c3ccccc3)c3ccccc3-c3c(N(c4ccc(-c5ccccc5)cc4)c4ccc(-c5ccccc5)cc4)cccc32)cc1. The number of benzene rings is 8. The number of fused-ring (bicyclic) bond motifs is 3. The molecule has 8 aromatic carbocycles. The second kappa shape index (κ2) is 13.7. The maximum atomic E-state index is 2.45. The number of rotatable bonds is 8. The first-order valence-corrected chi connectivity index (χ1v) is 21.5. The van der Waals surface area contributed by atoms with E-state index in [9.17, 15) is 0 Å². The number of anilines is 3. The van der Waals surface area contributed by atoms with Crippen molar-refractivity contribution in [2.75, 3.05) is 23.7 Å². The molecular weight excluding hydrogens is 671 g/mol. The molecule has 2 heteroatoms. The standard InChI is InChI=1S/C52H43NS/c1-54(2,3)46-36-30-43(31-37-46)52(42-20-11-6-12-21-42)48-23-14-13-22-47(48)51-49(52)24-15-25-50(51)53(44-32-26-40(27-33-44)38-16-7-4-8-17-38)45-34-28-41(29-35-45)39-18-9-5-10-19-39/h4-37H,1-3H3. The van der Waals surface area contributed by atoms with Crippen LogP contribution in [0.3, 0.4) is 0 Å². The molecule has 1 nitrogen and oxygen atoms in total. The molecule has 0 N–H and O–H groups in total. The lowest BCUT2D eigenvalue weighted by molar-refractivity contribution is 0.767. The highest BCUT2D eigenvalue weighted by molar-refractivity contribution is 8.32. The van der Waals surface area contributed by atoms with E-state index in [1.165, 1.54) is 60.5 Å². The van der Waals surface area contributed by atoms with Gasteiger partial charge in [0.15, 0.2) is 0 Å². The first-order chi connectivity index (χ1) is 26.4. The van der Waals surface area contributed by atoms with Crippen LogP contribution in [-0.4, -0.2) is 18.8 Å². The maximum absolute atomic E-state index is 2.45. The average molecular weight is 714 g/mol. The van der Waals surface area contributed by atoms with Crippen molar-refractivity contribution < 1.29 is 0 Å². The van der Waals surface area contributed by atoms with Gasteiger partial charge in [-0.2, -0.15) is 0 Å². The minimum Gasteiger partial charge on any atom is -0.310 e. The quantitative estimate of drug-likeness (QED) is 0.152. The van der Waals surface area contributed by atoms with Crippen LogP contribution in [0.2, 0.25) is 0 Å². The summed E-state index contributed by atoms with van der Waals surface area (Å²) in [4.78, 5) is 3.87. The van der Waals surface area contributed by atoms with Crippen LogP contribution in [0.15, 0.2) is 211 Å². The van der Waals surface area contributed by atoms with Crippen molar-refractivity contribution in [2.24, 2.45) is 0 Å². The lowest BCUT2D eigenvalue weighted by Crippen LogP contribution is -2.28. The Morgan fingerprint density at radius 1 is 0.370 bits per heavy atom. The van der Waals surface area contributed by atoms with Gasteiger partial charge in [-0.05, 0) is 116 Å². The van der Waals surface area contributed by atoms with Crippen LogP contribution < -0.4 is 4.90 Å². The zero-order valence-corrected chi connectivity index (χ0v) is 31.8. The lowest BCUT2D eigenvalue weighted by Gasteiger charge is -2.35. The van der Waals surface area contributed by atoms with E-state index in [0.29, 0.717) is 0 Å². The van der Waals surface area contributed by atoms with Crippen molar-refractivity contribution in [2.45, 2.75) is 10.3 Å². The molecule has 0 aromatic heterocycles. The largest absolute Gasteiger partial charge is 0.310 e. The maximum Gasteiger partial charge on any atom is 0.0714 e. The molecule has 0 aliphatic heterocycles. The van der Waals surface area contributed by atoms with Crippen LogP contribution in [-0.2, 0) is 5.41 Å². The van der Waals surface area contributed by atoms with Gasteiger partial charge < -0.3 is 4.90 Å². The van der Waals surface area contributed by atoms with E-state index in [4.69, 9.17) is 0 Å². The Bertz CT molecular complexity index is 2450. The van der Waals surface area contributed by atoms with Gasteiger partial charge in [-0.3, -0.25) is 0 Å². The van der Waals surface area contributed by atoms with Gasteiger partial charge in [-0.25, -0.2) is 10.0 Å². The van der Waals surface area contributed by atoms with Crippen molar-refractivity contribution in [3.8, 4) is 33.4 Å². The van der Waals surface area contributed by atoms with Gasteiger partial charge in [0.05, 0.1) is 11.1 Å². The van der Waals surface area contributed by atoms with Gasteiger partial charge in [0.2, 0.25) is 0 Å². The molecule has 0 amide bonds. The van der Waals surface area contributed by atoms with Crippen molar-refractivity contribution in [1.29, 1.82) is 0 Å². The second-order valence-corrected chi connectivity index (χ2v) is 19.0. The fourth-order valence-corrected chi connectivity index (χ4v) is 9.33. The first kappa shape index (κ1) is 33.7. The first-order valence-electron chi connectivity index (χ1n) is 18.6. The van der Waals surface area contributed by atoms with Gasteiger partial charge >= 0.3 is 0 Å². The molecule has 262 valence electrons. The van der Waals surface area contributed by atoms with E-state index in [1.54, 1.807) is 0 Å². The summed E-state index contributed by atoms with van der Waals surface area (Å²) >= 11 is 0. The monoisotopic (exact) mass is 713 g/mol. The van der Waals surface area contributed by atoms with Gasteiger partial charge in [0.25, 0.3) is 0 Å². The summed E-state index contributed by atoms with van der Waals surface area (Å²) in [6, 6.07) is 76.0. The molecule has 0 saturated carbocycles. The lowest BCUT2D eigenvalue weighted by atomic mass is 9.68. The Balaban J connectivity index is 1.29. The Morgan fingerprint density at radius 3 is 1.35 bits per heavy atom. The third-order valence-electron chi connectivity index (χ3n) is 11.0. The molecule has 8 aromatic rings. The third-order valence-corrected chi connectivity index (χ3v) is 12.6. The van der Waals surface area contributed by atoms with Crippen LogP contribution in [0, 0.1) is 0 Å². The van der Waals surface area contributed by atoms with Gasteiger partial charge in [0.1, 0.15) is 0 Å². The van der Waals surface area contributed by atoms with Gasteiger partial charge in [0, 0.05) is 16.9 Å². The molecular formula is C52H43NS. The molecule has 0 bridgehead atoms. The summed E-state index contributed by atoms with van der Waals surface area (Å²) < 4.78 is 0. The zero-order chi connectivity index (χ0) is 36.7. The van der Waals surface area contributed by atoms with Crippen molar-refractivity contribution in [1.82, 2.24) is 0 Å². The Hall–Kier alpha value is -6.09. The molecule has 0 saturated heterocycles. The fourth-order valence-electron chi connectivity index (χ4n) is 8.38. The van der Waals surface area contributed by atoms with E-state index >= 15 is 0 Å². The summed E-state index contributed by atoms with van der Waals surface area (Å²) in [7, 11) is -0.876. The minimum absolute atomic E-state index is 0.491. The molecule has 0 heterocycles.